The third kappa shape index (κ3) is 4.42. The van der Waals surface area contributed by atoms with E-state index in [0.717, 1.165) is 10.8 Å². The van der Waals surface area contributed by atoms with Gasteiger partial charge in [0.1, 0.15) is 0 Å². The second-order valence-electron chi connectivity index (χ2n) is 6.50. The number of anilines is 3. The maximum atomic E-state index is 12.7. The molecule has 4 aromatic carbocycles. The van der Waals surface area contributed by atoms with E-state index in [4.69, 9.17) is 0 Å². The van der Waals surface area contributed by atoms with Crippen LogP contribution in [0.1, 0.15) is 10.4 Å². The van der Waals surface area contributed by atoms with Crippen molar-refractivity contribution in [1.29, 1.82) is 0 Å². The number of para-hydroxylation sites is 1. The largest absolute Gasteiger partial charge is 0.323 e. The highest BCUT2D eigenvalue weighted by Gasteiger charge is 2.10. The molecule has 0 spiro atoms. The average Bonchev–Trinajstić information content (AvgIpc) is 2.75. The van der Waals surface area contributed by atoms with Crippen molar-refractivity contribution in [2.75, 3.05) is 16.0 Å². The number of rotatable bonds is 4. The van der Waals surface area contributed by atoms with E-state index in [1.807, 2.05) is 72.8 Å². The van der Waals surface area contributed by atoms with Gasteiger partial charge in [0.2, 0.25) is 0 Å². The van der Waals surface area contributed by atoms with Crippen molar-refractivity contribution in [1.82, 2.24) is 0 Å². The molecule has 4 aromatic rings. The topological polar surface area (TPSA) is 70.2 Å². The van der Waals surface area contributed by atoms with Gasteiger partial charge >= 0.3 is 6.03 Å². The fraction of sp³-hybridized carbons (Fsp3) is 0. The Kier molecular flexibility index (Phi) is 5.21. The van der Waals surface area contributed by atoms with Crippen LogP contribution in [0.4, 0.5) is 21.9 Å². The Hall–Kier alpha value is -4.12. The molecule has 0 heterocycles. The Morgan fingerprint density at radius 1 is 0.517 bits per heavy atom. The Labute approximate surface area is 168 Å². The monoisotopic (exact) mass is 381 g/mol. The summed E-state index contributed by atoms with van der Waals surface area (Å²) in [5.74, 6) is -0.177. The molecule has 0 aliphatic heterocycles. The van der Waals surface area contributed by atoms with Gasteiger partial charge in [-0.15, -0.1) is 0 Å². The van der Waals surface area contributed by atoms with Crippen LogP contribution in [-0.4, -0.2) is 11.9 Å². The number of benzene rings is 4. The number of carbonyl (C=O) groups is 2. The van der Waals surface area contributed by atoms with E-state index in [9.17, 15) is 9.59 Å². The third-order valence-corrected chi connectivity index (χ3v) is 4.47. The van der Waals surface area contributed by atoms with Crippen LogP contribution >= 0.6 is 0 Å². The normalized spacial score (nSPS) is 10.3. The molecule has 0 aliphatic rings. The summed E-state index contributed by atoms with van der Waals surface area (Å²) in [7, 11) is 0. The zero-order valence-electron chi connectivity index (χ0n) is 15.6. The lowest BCUT2D eigenvalue weighted by Gasteiger charge is -2.10. The van der Waals surface area contributed by atoms with Gasteiger partial charge in [0.15, 0.2) is 0 Å². The minimum Gasteiger partial charge on any atom is -0.322 e. The molecule has 4 rings (SSSR count). The summed E-state index contributed by atoms with van der Waals surface area (Å²) in [5, 5.41) is 10.3. The standard InChI is InChI=1S/C24H19N3O2/c28-23(22-12-6-8-17-7-4-5-11-21(17)22)25-19-13-15-20(16-14-19)27-24(29)26-18-9-2-1-3-10-18/h1-16H,(H,25,28)(H2,26,27,29). The molecular weight excluding hydrogens is 362 g/mol. The quantitative estimate of drug-likeness (QED) is 0.422. The molecular formula is C24H19N3O2. The molecule has 5 heteroatoms. The van der Waals surface area contributed by atoms with Crippen LogP contribution in [0.2, 0.25) is 0 Å². The summed E-state index contributed by atoms with van der Waals surface area (Å²) in [5.41, 5.74) is 2.61. The Morgan fingerprint density at radius 2 is 1.07 bits per heavy atom. The molecule has 3 amide bonds. The first-order chi connectivity index (χ1) is 14.2. The van der Waals surface area contributed by atoms with E-state index in [2.05, 4.69) is 16.0 Å². The van der Waals surface area contributed by atoms with E-state index in [-0.39, 0.29) is 11.9 Å². The van der Waals surface area contributed by atoms with Crippen LogP contribution in [0.15, 0.2) is 97.1 Å². The van der Waals surface area contributed by atoms with Gasteiger partial charge in [0.25, 0.3) is 5.91 Å². The second-order valence-corrected chi connectivity index (χ2v) is 6.50. The van der Waals surface area contributed by atoms with Crippen molar-refractivity contribution in [3.63, 3.8) is 0 Å². The van der Waals surface area contributed by atoms with E-state index in [1.54, 1.807) is 24.3 Å². The average molecular weight is 381 g/mol. The highest BCUT2D eigenvalue weighted by Crippen LogP contribution is 2.21. The zero-order valence-corrected chi connectivity index (χ0v) is 15.6. The minimum atomic E-state index is -0.330. The first kappa shape index (κ1) is 18.3. The van der Waals surface area contributed by atoms with E-state index < -0.39 is 0 Å². The van der Waals surface area contributed by atoms with Crippen molar-refractivity contribution < 1.29 is 9.59 Å². The fourth-order valence-corrected chi connectivity index (χ4v) is 3.07. The van der Waals surface area contributed by atoms with Crippen molar-refractivity contribution in [3.8, 4) is 0 Å². The molecule has 0 saturated heterocycles. The summed E-state index contributed by atoms with van der Waals surface area (Å²) in [6.45, 7) is 0. The number of hydrogen-bond donors (Lipinski definition) is 3. The lowest BCUT2D eigenvalue weighted by molar-refractivity contribution is 0.102. The predicted molar refractivity (Wildman–Crippen MR) is 117 cm³/mol. The highest BCUT2D eigenvalue weighted by molar-refractivity contribution is 6.13. The van der Waals surface area contributed by atoms with Crippen LogP contribution in [0, 0.1) is 0 Å². The van der Waals surface area contributed by atoms with E-state index in [1.165, 1.54) is 0 Å². The van der Waals surface area contributed by atoms with Gasteiger partial charge in [-0.3, -0.25) is 4.79 Å². The van der Waals surface area contributed by atoms with Crippen LogP contribution < -0.4 is 16.0 Å². The summed E-state index contributed by atoms with van der Waals surface area (Å²) < 4.78 is 0. The molecule has 0 aliphatic carbocycles. The lowest BCUT2D eigenvalue weighted by Crippen LogP contribution is -2.19. The molecule has 0 radical (unpaired) electrons. The molecule has 29 heavy (non-hydrogen) atoms. The Bertz CT molecular complexity index is 1150. The van der Waals surface area contributed by atoms with E-state index in [0.29, 0.717) is 22.6 Å². The maximum absolute atomic E-state index is 12.7. The molecule has 5 nitrogen and oxygen atoms in total. The minimum absolute atomic E-state index is 0.177. The van der Waals surface area contributed by atoms with Crippen LogP contribution in [0.25, 0.3) is 10.8 Å². The summed E-state index contributed by atoms with van der Waals surface area (Å²) in [6, 6.07) is 29.3. The molecule has 0 bridgehead atoms. The van der Waals surface area contributed by atoms with Gasteiger partial charge in [0, 0.05) is 22.6 Å². The summed E-state index contributed by atoms with van der Waals surface area (Å²) in [6.07, 6.45) is 0. The number of nitrogens with one attached hydrogen (secondary N) is 3. The van der Waals surface area contributed by atoms with Crippen LogP contribution in [0.5, 0.6) is 0 Å². The van der Waals surface area contributed by atoms with Crippen molar-refractivity contribution in [2.45, 2.75) is 0 Å². The molecule has 3 N–H and O–H groups in total. The highest BCUT2D eigenvalue weighted by atomic mass is 16.2. The number of urea groups is 1. The zero-order chi connectivity index (χ0) is 20.1. The molecule has 142 valence electrons. The number of amides is 3. The van der Waals surface area contributed by atoms with Crippen LogP contribution in [-0.2, 0) is 0 Å². The lowest BCUT2D eigenvalue weighted by atomic mass is 10.0. The van der Waals surface area contributed by atoms with Gasteiger partial charge in [-0.1, -0.05) is 54.6 Å². The Balaban J connectivity index is 1.41. The second kappa shape index (κ2) is 8.27. The molecule has 0 unspecified atom stereocenters. The van der Waals surface area contributed by atoms with Gasteiger partial charge in [-0.2, -0.15) is 0 Å². The number of carbonyl (C=O) groups excluding carboxylic acids is 2. The molecule has 0 fully saturated rings. The van der Waals surface area contributed by atoms with Gasteiger partial charge < -0.3 is 16.0 Å². The van der Waals surface area contributed by atoms with Gasteiger partial charge in [-0.25, -0.2) is 4.79 Å². The van der Waals surface area contributed by atoms with Gasteiger partial charge in [-0.05, 0) is 53.2 Å². The van der Waals surface area contributed by atoms with Crippen molar-refractivity contribution in [2.24, 2.45) is 0 Å². The van der Waals surface area contributed by atoms with Crippen LogP contribution in [0.3, 0.4) is 0 Å². The first-order valence-corrected chi connectivity index (χ1v) is 9.21. The molecule has 0 aromatic heterocycles. The maximum Gasteiger partial charge on any atom is 0.323 e. The molecule has 0 atom stereocenters. The summed E-state index contributed by atoms with van der Waals surface area (Å²) >= 11 is 0. The number of hydrogen-bond acceptors (Lipinski definition) is 2. The van der Waals surface area contributed by atoms with Crippen molar-refractivity contribution in [3.05, 3.63) is 103 Å². The first-order valence-electron chi connectivity index (χ1n) is 9.21. The van der Waals surface area contributed by atoms with Crippen molar-refractivity contribution >= 4 is 39.8 Å². The summed E-state index contributed by atoms with van der Waals surface area (Å²) in [4.78, 5) is 24.8. The van der Waals surface area contributed by atoms with Gasteiger partial charge in [0.05, 0.1) is 0 Å². The molecule has 0 saturated carbocycles. The predicted octanol–water partition coefficient (Wildman–Crippen LogP) is 5.74. The smallest absolute Gasteiger partial charge is 0.322 e. The Morgan fingerprint density at radius 3 is 1.79 bits per heavy atom. The van der Waals surface area contributed by atoms with E-state index >= 15 is 0 Å². The third-order valence-electron chi connectivity index (χ3n) is 4.47. The SMILES string of the molecule is O=C(Nc1ccccc1)Nc1ccc(NC(=O)c2cccc3ccccc23)cc1. The fourth-order valence-electron chi connectivity index (χ4n) is 3.07. The number of fused-ring (bicyclic) bond motifs is 1.